The van der Waals surface area contributed by atoms with Crippen LogP contribution in [0.3, 0.4) is 0 Å². The Bertz CT molecular complexity index is 1030. The number of hydrogen-bond acceptors (Lipinski definition) is 6. The van der Waals surface area contributed by atoms with Gasteiger partial charge in [-0.3, -0.25) is 4.79 Å². The Morgan fingerprint density at radius 2 is 2.06 bits per heavy atom. The van der Waals surface area contributed by atoms with Crippen LogP contribution in [0.2, 0.25) is 0 Å². The minimum Gasteiger partial charge on any atom is -0.479 e. The molecule has 2 heterocycles. The van der Waals surface area contributed by atoms with Gasteiger partial charge in [0.1, 0.15) is 11.6 Å². The number of nitrogens with zero attached hydrogens (tertiary/aromatic N) is 5. The number of nitrogens with two attached hydrogens (primary N) is 1. The smallest absolute Gasteiger partial charge is 0.275 e. The van der Waals surface area contributed by atoms with E-state index >= 15 is 0 Å². The molecule has 1 aromatic heterocycles. The lowest BCUT2D eigenvalue weighted by molar-refractivity contribution is 0.0921. The number of hydrogen-bond donors (Lipinski definition) is 2. The van der Waals surface area contributed by atoms with Gasteiger partial charge in [-0.05, 0) is 36.6 Å². The van der Waals surface area contributed by atoms with E-state index in [2.05, 4.69) is 20.3 Å². The number of rotatable bonds is 5. The maximum absolute atomic E-state index is 14.7. The molecule has 2 aromatic rings. The Labute approximate surface area is 177 Å². The summed E-state index contributed by atoms with van der Waals surface area (Å²) in [6.07, 6.45) is 5.06. The highest BCUT2D eigenvalue weighted by atomic mass is 19.1. The van der Waals surface area contributed by atoms with Crippen molar-refractivity contribution >= 4 is 11.9 Å². The van der Waals surface area contributed by atoms with Gasteiger partial charge in [-0.2, -0.15) is 5.26 Å². The largest absolute Gasteiger partial charge is 0.479 e. The number of guanidine groups is 1. The monoisotopic (exact) mass is 429 g/mol. The number of nitrogens with one attached hydrogen (secondary N) is 1. The third-order valence-corrected chi connectivity index (χ3v) is 5.37. The Morgan fingerprint density at radius 1 is 1.35 bits per heavy atom. The molecule has 1 aliphatic heterocycles. The van der Waals surface area contributed by atoms with Crippen molar-refractivity contribution in [2.45, 2.75) is 18.3 Å². The van der Waals surface area contributed by atoms with Crippen LogP contribution in [0.4, 0.5) is 8.78 Å². The van der Waals surface area contributed by atoms with Crippen molar-refractivity contribution in [3.63, 3.8) is 0 Å². The molecule has 0 aliphatic carbocycles. The highest BCUT2D eigenvalue weighted by Crippen LogP contribution is 2.37. The summed E-state index contributed by atoms with van der Waals surface area (Å²) in [5.41, 5.74) is 5.04. The highest BCUT2D eigenvalue weighted by molar-refractivity contribution is 5.94. The molecule has 1 aromatic carbocycles. The van der Waals surface area contributed by atoms with Gasteiger partial charge in [0.2, 0.25) is 18.0 Å². The fourth-order valence-electron chi connectivity index (χ4n) is 3.69. The first-order valence-corrected chi connectivity index (χ1v) is 9.46. The number of methoxy groups -OCH3 is 1. The van der Waals surface area contributed by atoms with E-state index in [0.29, 0.717) is 25.9 Å². The van der Waals surface area contributed by atoms with Gasteiger partial charge in [0.05, 0.1) is 7.11 Å². The van der Waals surface area contributed by atoms with E-state index in [9.17, 15) is 13.6 Å². The molecule has 31 heavy (non-hydrogen) atoms. The first-order valence-electron chi connectivity index (χ1n) is 9.46. The zero-order valence-corrected chi connectivity index (χ0v) is 16.8. The zero-order chi connectivity index (χ0) is 22.4. The normalized spacial score (nSPS) is 15.8. The summed E-state index contributed by atoms with van der Waals surface area (Å²) in [5, 5.41) is 11.5. The van der Waals surface area contributed by atoms with Crippen LogP contribution in [0.15, 0.2) is 35.6 Å². The van der Waals surface area contributed by atoms with E-state index in [1.165, 1.54) is 19.5 Å². The lowest BCUT2D eigenvalue weighted by atomic mass is 9.72. The minimum atomic E-state index is -0.902. The predicted octanol–water partition coefficient (Wildman–Crippen LogP) is 1.32. The average Bonchev–Trinajstić information content (AvgIpc) is 2.79. The van der Waals surface area contributed by atoms with E-state index in [1.54, 1.807) is 11.1 Å². The number of amides is 1. The number of nitriles is 1. The molecule has 1 amide bonds. The Balaban J connectivity index is 1.87. The number of aliphatic imine (C=N–C) groups is 1. The SMILES string of the molecule is COc1nccnc1C(=O)NCC1(c2cc(F)ccc2F)CCN(C(N)=NC#N)CC1. The lowest BCUT2D eigenvalue weighted by Gasteiger charge is -2.42. The average molecular weight is 429 g/mol. The van der Waals surface area contributed by atoms with Crippen LogP contribution in [0.25, 0.3) is 0 Å². The van der Waals surface area contributed by atoms with E-state index in [4.69, 9.17) is 15.7 Å². The standard InChI is InChI=1S/C20H21F2N7O2/c1-31-18-16(25-6-7-26-18)17(30)27-11-20(14-10-13(21)2-3-15(14)22)4-8-29(9-5-20)19(24)28-12-23/h2-3,6-7,10H,4-5,8-9,11H2,1H3,(H2,24,28)(H,27,30). The number of ether oxygens (including phenoxy) is 1. The van der Waals surface area contributed by atoms with E-state index in [0.717, 1.165) is 18.2 Å². The van der Waals surface area contributed by atoms with Gasteiger partial charge in [-0.25, -0.2) is 18.7 Å². The molecule has 0 bridgehead atoms. The first-order chi connectivity index (χ1) is 14.9. The Hall–Kier alpha value is -3.81. The van der Waals surface area contributed by atoms with Crippen LogP contribution in [-0.2, 0) is 5.41 Å². The van der Waals surface area contributed by atoms with Crippen LogP contribution < -0.4 is 15.8 Å². The molecule has 0 atom stereocenters. The number of carbonyl (C=O) groups is 1. The van der Waals surface area contributed by atoms with Crippen LogP contribution in [0.5, 0.6) is 5.88 Å². The molecule has 1 saturated heterocycles. The molecule has 11 heteroatoms. The third-order valence-electron chi connectivity index (χ3n) is 5.37. The topological polar surface area (TPSA) is 130 Å². The number of piperidine rings is 1. The molecule has 9 nitrogen and oxygen atoms in total. The minimum absolute atomic E-state index is 0.0114. The van der Waals surface area contributed by atoms with Crippen LogP contribution in [0.1, 0.15) is 28.9 Å². The fourth-order valence-corrected chi connectivity index (χ4v) is 3.69. The summed E-state index contributed by atoms with van der Waals surface area (Å²) < 4.78 is 33.7. The molecular weight excluding hydrogens is 408 g/mol. The van der Waals surface area contributed by atoms with Gasteiger partial charge in [0.15, 0.2) is 5.69 Å². The van der Waals surface area contributed by atoms with Gasteiger partial charge >= 0.3 is 0 Å². The zero-order valence-electron chi connectivity index (χ0n) is 16.8. The summed E-state index contributed by atoms with van der Waals surface area (Å²) in [5.74, 6) is -1.58. The van der Waals surface area contributed by atoms with E-state index in [-0.39, 0.29) is 29.6 Å². The second-order valence-electron chi connectivity index (χ2n) is 7.06. The number of likely N-dealkylation sites (tertiary alicyclic amines) is 1. The van der Waals surface area contributed by atoms with E-state index < -0.39 is 23.0 Å². The van der Waals surface area contributed by atoms with Gasteiger partial charge in [-0.15, -0.1) is 4.99 Å². The summed E-state index contributed by atoms with van der Waals surface area (Å²) in [6.45, 7) is 0.712. The molecule has 3 rings (SSSR count). The Morgan fingerprint density at radius 3 is 2.74 bits per heavy atom. The molecule has 0 spiro atoms. The van der Waals surface area contributed by atoms with Crippen molar-refractivity contribution < 1.29 is 18.3 Å². The number of halogens is 2. The molecule has 0 saturated carbocycles. The maximum Gasteiger partial charge on any atom is 0.275 e. The third kappa shape index (κ3) is 4.69. The Kier molecular flexibility index (Phi) is 6.59. The molecule has 162 valence electrons. The summed E-state index contributed by atoms with van der Waals surface area (Å²) in [7, 11) is 1.37. The summed E-state index contributed by atoms with van der Waals surface area (Å²) in [6, 6.07) is 3.26. The summed E-state index contributed by atoms with van der Waals surface area (Å²) >= 11 is 0. The fraction of sp³-hybridized carbons (Fsp3) is 0.350. The first kappa shape index (κ1) is 21.9. The molecule has 0 unspecified atom stereocenters. The van der Waals surface area contributed by atoms with Crippen molar-refractivity contribution in [2.75, 3.05) is 26.7 Å². The second-order valence-corrected chi connectivity index (χ2v) is 7.06. The molecule has 1 aliphatic rings. The van der Waals surface area contributed by atoms with Crippen molar-refractivity contribution in [3.8, 4) is 12.1 Å². The van der Waals surface area contributed by atoms with E-state index in [1.807, 2.05) is 0 Å². The second kappa shape index (κ2) is 9.34. The van der Waals surface area contributed by atoms with Crippen LogP contribution >= 0.6 is 0 Å². The maximum atomic E-state index is 14.7. The van der Waals surface area contributed by atoms with Crippen LogP contribution in [-0.4, -0.2) is 53.5 Å². The van der Waals surface area contributed by atoms with Gasteiger partial charge in [0.25, 0.3) is 5.91 Å². The molecule has 1 fully saturated rings. The molecule has 3 N–H and O–H groups in total. The lowest BCUT2D eigenvalue weighted by Crippen LogP contribution is -2.52. The summed E-state index contributed by atoms with van der Waals surface area (Å²) in [4.78, 5) is 25.9. The van der Waals surface area contributed by atoms with Crippen molar-refractivity contribution in [3.05, 3.63) is 53.5 Å². The molecule has 0 radical (unpaired) electrons. The van der Waals surface area contributed by atoms with Gasteiger partial charge in [-0.1, -0.05) is 0 Å². The van der Waals surface area contributed by atoms with Crippen LogP contribution in [0, 0.1) is 23.1 Å². The highest BCUT2D eigenvalue weighted by Gasteiger charge is 2.39. The predicted molar refractivity (Wildman–Crippen MR) is 107 cm³/mol. The van der Waals surface area contributed by atoms with Crippen molar-refractivity contribution in [1.82, 2.24) is 20.2 Å². The molecular formula is C20H21F2N7O2. The van der Waals surface area contributed by atoms with Gasteiger partial charge in [0, 0.05) is 37.4 Å². The number of carbonyl (C=O) groups excluding carboxylic acids is 1. The number of aromatic nitrogens is 2. The van der Waals surface area contributed by atoms with Crippen molar-refractivity contribution in [2.24, 2.45) is 10.7 Å². The number of benzene rings is 1. The van der Waals surface area contributed by atoms with Crippen molar-refractivity contribution in [1.29, 1.82) is 5.26 Å². The quantitative estimate of drug-likeness (QED) is 0.417. The van der Waals surface area contributed by atoms with Gasteiger partial charge < -0.3 is 20.7 Å².